The first-order valence-electron chi connectivity index (χ1n) is 6.27. The summed E-state index contributed by atoms with van der Waals surface area (Å²) < 4.78 is 1.14. The standard InChI is InChI=1S/C14H17BrN2S2/c1-2-17-12(7-14-8-16-10-19-14)9-18-13-5-3-4-11(15)6-13/h3-6,8,10,12,17H,2,7,9H2,1H3. The molecule has 0 bridgehead atoms. The Bertz CT molecular complexity index is 488. The second-order valence-electron chi connectivity index (χ2n) is 4.19. The highest BCUT2D eigenvalue weighted by Gasteiger charge is 2.10. The lowest BCUT2D eigenvalue weighted by molar-refractivity contribution is 0.576. The summed E-state index contributed by atoms with van der Waals surface area (Å²) in [7, 11) is 0. The van der Waals surface area contributed by atoms with Crippen LogP contribution in [-0.2, 0) is 6.42 Å². The molecular weight excluding hydrogens is 340 g/mol. The fourth-order valence-electron chi connectivity index (χ4n) is 1.82. The van der Waals surface area contributed by atoms with Gasteiger partial charge in [-0.1, -0.05) is 28.9 Å². The van der Waals surface area contributed by atoms with Gasteiger partial charge in [-0.25, -0.2) is 0 Å². The highest BCUT2D eigenvalue weighted by Crippen LogP contribution is 2.23. The van der Waals surface area contributed by atoms with Crippen LogP contribution in [0.25, 0.3) is 0 Å². The van der Waals surface area contributed by atoms with Gasteiger partial charge in [0.05, 0.1) is 5.51 Å². The topological polar surface area (TPSA) is 24.9 Å². The minimum atomic E-state index is 0.495. The Morgan fingerprint density at radius 3 is 3.05 bits per heavy atom. The summed E-state index contributed by atoms with van der Waals surface area (Å²) in [6.07, 6.45) is 3.03. The van der Waals surface area contributed by atoms with Gasteiger partial charge in [0.1, 0.15) is 0 Å². The van der Waals surface area contributed by atoms with Crippen LogP contribution in [0.1, 0.15) is 11.8 Å². The SMILES string of the molecule is CCNC(CSc1cccc(Br)c1)Cc1cncs1. The summed E-state index contributed by atoms with van der Waals surface area (Å²) in [6, 6.07) is 8.96. The Kier molecular flexibility index (Phi) is 6.37. The van der Waals surface area contributed by atoms with Gasteiger partial charge in [0.2, 0.25) is 0 Å². The quantitative estimate of drug-likeness (QED) is 0.751. The zero-order chi connectivity index (χ0) is 13.5. The van der Waals surface area contributed by atoms with E-state index in [1.165, 1.54) is 9.77 Å². The number of rotatable bonds is 7. The third kappa shape index (κ3) is 5.26. The summed E-state index contributed by atoms with van der Waals surface area (Å²) in [6.45, 7) is 3.16. The molecular formula is C14H17BrN2S2. The van der Waals surface area contributed by atoms with E-state index >= 15 is 0 Å². The Labute approximate surface area is 131 Å². The smallest absolute Gasteiger partial charge is 0.0794 e. The van der Waals surface area contributed by atoms with E-state index < -0.39 is 0 Å². The number of nitrogens with zero attached hydrogens (tertiary/aromatic N) is 1. The molecule has 0 radical (unpaired) electrons. The van der Waals surface area contributed by atoms with Crippen molar-refractivity contribution in [1.29, 1.82) is 0 Å². The van der Waals surface area contributed by atoms with Gasteiger partial charge < -0.3 is 5.32 Å². The third-order valence-electron chi connectivity index (χ3n) is 2.67. The molecule has 0 aliphatic carbocycles. The largest absolute Gasteiger partial charge is 0.313 e. The average molecular weight is 357 g/mol. The Balaban J connectivity index is 1.89. The molecule has 0 aliphatic heterocycles. The van der Waals surface area contributed by atoms with Gasteiger partial charge in [-0.05, 0) is 31.2 Å². The molecule has 1 aromatic carbocycles. The highest BCUT2D eigenvalue weighted by atomic mass is 79.9. The molecule has 0 aliphatic rings. The van der Waals surface area contributed by atoms with Crippen molar-refractivity contribution in [3.8, 4) is 0 Å². The molecule has 2 rings (SSSR count). The second-order valence-corrected chi connectivity index (χ2v) is 7.17. The van der Waals surface area contributed by atoms with Gasteiger partial charge in [0, 0.05) is 32.2 Å². The van der Waals surface area contributed by atoms with Crippen molar-refractivity contribution < 1.29 is 0 Å². The van der Waals surface area contributed by atoms with Crippen LogP contribution in [0.3, 0.4) is 0 Å². The van der Waals surface area contributed by atoms with E-state index in [4.69, 9.17) is 0 Å². The summed E-state index contributed by atoms with van der Waals surface area (Å²) in [5.74, 6) is 1.07. The van der Waals surface area contributed by atoms with Crippen LogP contribution in [-0.4, -0.2) is 23.3 Å². The number of nitrogens with one attached hydrogen (secondary N) is 1. The predicted octanol–water partition coefficient (Wildman–Crippen LogP) is 4.22. The molecule has 0 amide bonds. The van der Waals surface area contributed by atoms with Crippen LogP contribution < -0.4 is 5.32 Å². The average Bonchev–Trinajstić information content (AvgIpc) is 2.89. The highest BCUT2D eigenvalue weighted by molar-refractivity contribution is 9.10. The van der Waals surface area contributed by atoms with Gasteiger partial charge in [-0.3, -0.25) is 4.98 Å². The maximum Gasteiger partial charge on any atom is 0.0794 e. The van der Waals surface area contributed by atoms with Gasteiger partial charge in [0.15, 0.2) is 0 Å². The third-order valence-corrected chi connectivity index (χ3v) is 5.12. The molecule has 0 saturated carbocycles. The van der Waals surface area contributed by atoms with Crippen LogP contribution in [0.4, 0.5) is 0 Å². The number of halogens is 1. The molecule has 2 nitrogen and oxygen atoms in total. The number of hydrogen-bond acceptors (Lipinski definition) is 4. The lowest BCUT2D eigenvalue weighted by Crippen LogP contribution is -2.32. The van der Waals surface area contributed by atoms with Crippen LogP contribution in [0, 0.1) is 0 Å². The first-order chi connectivity index (χ1) is 9.28. The zero-order valence-electron chi connectivity index (χ0n) is 10.8. The normalized spacial score (nSPS) is 12.5. The van der Waals surface area contributed by atoms with E-state index in [0.29, 0.717) is 6.04 Å². The van der Waals surface area contributed by atoms with E-state index in [2.05, 4.69) is 57.4 Å². The van der Waals surface area contributed by atoms with Crippen molar-refractivity contribution in [2.45, 2.75) is 24.3 Å². The van der Waals surface area contributed by atoms with Crippen LogP contribution >= 0.6 is 39.0 Å². The van der Waals surface area contributed by atoms with Crippen molar-refractivity contribution in [2.75, 3.05) is 12.3 Å². The summed E-state index contributed by atoms with van der Waals surface area (Å²) in [4.78, 5) is 6.80. The minimum absolute atomic E-state index is 0.495. The fraction of sp³-hybridized carbons (Fsp3) is 0.357. The van der Waals surface area contributed by atoms with E-state index in [1.54, 1.807) is 11.3 Å². The first kappa shape index (κ1) is 15.0. The van der Waals surface area contributed by atoms with E-state index in [-0.39, 0.29) is 0 Å². The molecule has 19 heavy (non-hydrogen) atoms. The van der Waals surface area contributed by atoms with E-state index in [1.807, 2.05) is 23.5 Å². The molecule has 1 N–H and O–H groups in total. The number of thiazole rings is 1. The molecule has 0 spiro atoms. The first-order valence-corrected chi connectivity index (χ1v) is 8.93. The predicted molar refractivity (Wildman–Crippen MR) is 88.1 cm³/mol. The Morgan fingerprint density at radius 2 is 2.37 bits per heavy atom. The number of benzene rings is 1. The van der Waals surface area contributed by atoms with Gasteiger partial charge in [0.25, 0.3) is 0 Å². The number of thioether (sulfide) groups is 1. The Hall–Kier alpha value is -0.360. The van der Waals surface area contributed by atoms with Gasteiger partial charge in [-0.15, -0.1) is 23.1 Å². The molecule has 1 aromatic heterocycles. The molecule has 5 heteroatoms. The zero-order valence-corrected chi connectivity index (χ0v) is 14.0. The van der Waals surface area contributed by atoms with Crippen molar-refractivity contribution in [1.82, 2.24) is 10.3 Å². The second kappa shape index (κ2) is 8.04. The number of aromatic nitrogens is 1. The Morgan fingerprint density at radius 1 is 1.47 bits per heavy atom. The molecule has 1 atom stereocenters. The summed E-state index contributed by atoms with van der Waals surface area (Å²) >= 11 is 7.14. The summed E-state index contributed by atoms with van der Waals surface area (Å²) in [5.41, 5.74) is 1.90. The van der Waals surface area contributed by atoms with Crippen molar-refractivity contribution >= 4 is 39.0 Å². The van der Waals surface area contributed by atoms with Crippen LogP contribution in [0.2, 0.25) is 0 Å². The molecule has 102 valence electrons. The molecule has 0 fully saturated rings. The van der Waals surface area contributed by atoms with Crippen molar-refractivity contribution in [2.24, 2.45) is 0 Å². The number of hydrogen-bond donors (Lipinski definition) is 1. The van der Waals surface area contributed by atoms with Crippen molar-refractivity contribution in [3.05, 3.63) is 45.3 Å². The molecule has 1 unspecified atom stereocenters. The van der Waals surface area contributed by atoms with Crippen LogP contribution in [0.15, 0.2) is 45.3 Å². The lowest BCUT2D eigenvalue weighted by atomic mass is 10.2. The fourth-order valence-corrected chi connectivity index (χ4v) is 4.06. The van der Waals surface area contributed by atoms with E-state index in [0.717, 1.165) is 23.2 Å². The summed E-state index contributed by atoms with van der Waals surface area (Å²) in [5, 5.41) is 3.55. The monoisotopic (exact) mass is 356 g/mol. The lowest BCUT2D eigenvalue weighted by Gasteiger charge is -2.16. The van der Waals surface area contributed by atoms with Gasteiger partial charge in [-0.2, -0.15) is 0 Å². The minimum Gasteiger partial charge on any atom is -0.313 e. The molecule has 2 aromatic rings. The maximum absolute atomic E-state index is 4.14. The van der Waals surface area contributed by atoms with Crippen LogP contribution in [0.5, 0.6) is 0 Å². The molecule has 0 saturated heterocycles. The maximum atomic E-state index is 4.14. The van der Waals surface area contributed by atoms with Crippen molar-refractivity contribution in [3.63, 3.8) is 0 Å². The van der Waals surface area contributed by atoms with Gasteiger partial charge >= 0.3 is 0 Å². The van der Waals surface area contributed by atoms with E-state index in [9.17, 15) is 0 Å². The molecule has 1 heterocycles. The number of likely N-dealkylation sites (N-methyl/N-ethyl adjacent to an activating group) is 1.